The number of aliphatic carboxylic acids is 1. The number of carboxylic acids is 1. The van der Waals surface area contributed by atoms with E-state index in [-0.39, 0.29) is 5.91 Å². The molecule has 1 amide bonds. The Balaban J connectivity index is 1.93. The fourth-order valence-electron chi connectivity index (χ4n) is 1.44. The maximum Gasteiger partial charge on any atom is 0.328 e. The molecular weight excluding hydrogens is 318 g/mol. The maximum absolute atomic E-state index is 11.8. The van der Waals surface area contributed by atoms with Crippen molar-refractivity contribution in [3.8, 4) is 0 Å². The summed E-state index contributed by atoms with van der Waals surface area (Å²) in [4.78, 5) is 24.5. The Morgan fingerprint density at radius 2 is 2.15 bits per heavy atom. The summed E-state index contributed by atoms with van der Waals surface area (Å²) < 4.78 is 0. The third-order valence-corrected chi connectivity index (χ3v) is 4.71. The molecule has 0 saturated carbocycles. The number of nitrogens with one attached hydrogen (secondary N) is 1. The first-order valence-corrected chi connectivity index (χ1v) is 7.64. The number of carbonyl (C=O) groups is 2. The highest BCUT2D eigenvalue weighted by atomic mass is 35.5. The fraction of sp³-hybridized carbons (Fsp3) is 0.0769. The number of rotatable bonds is 5. The molecule has 4 nitrogen and oxygen atoms in total. The summed E-state index contributed by atoms with van der Waals surface area (Å²) in [5.41, 5.74) is 0. The molecule has 2 rings (SSSR count). The van der Waals surface area contributed by atoms with E-state index in [1.165, 1.54) is 28.7 Å². The van der Waals surface area contributed by atoms with Crippen molar-refractivity contribution in [1.29, 1.82) is 0 Å². The molecule has 0 aliphatic rings. The number of amides is 1. The van der Waals surface area contributed by atoms with Crippen LogP contribution in [0.4, 0.5) is 0 Å². The van der Waals surface area contributed by atoms with Gasteiger partial charge in [0.15, 0.2) is 0 Å². The van der Waals surface area contributed by atoms with E-state index >= 15 is 0 Å². The van der Waals surface area contributed by atoms with Crippen molar-refractivity contribution in [3.63, 3.8) is 0 Å². The number of hydrogen-bond acceptors (Lipinski definition) is 4. The van der Waals surface area contributed by atoms with Crippen molar-refractivity contribution in [3.05, 3.63) is 49.3 Å². The van der Waals surface area contributed by atoms with Crippen LogP contribution >= 0.6 is 34.3 Å². The van der Waals surface area contributed by atoms with Gasteiger partial charge >= 0.3 is 5.97 Å². The van der Waals surface area contributed by atoms with E-state index < -0.39 is 5.97 Å². The molecule has 2 heterocycles. The lowest BCUT2D eigenvalue weighted by molar-refractivity contribution is -0.131. The Kier molecular flexibility index (Phi) is 4.94. The zero-order valence-corrected chi connectivity index (χ0v) is 12.5. The molecule has 20 heavy (non-hydrogen) atoms. The smallest absolute Gasteiger partial charge is 0.328 e. The SMILES string of the molecule is O=C(O)/C=C/c1ccc(CNC(=O)c2sccc2Cl)s1. The molecule has 0 atom stereocenters. The highest BCUT2D eigenvalue weighted by molar-refractivity contribution is 7.13. The summed E-state index contributed by atoms with van der Waals surface area (Å²) in [5.74, 6) is -1.19. The van der Waals surface area contributed by atoms with E-state index in [0.29, 0.717) is 16.4 Å². The second-order valence-electron chi connectivity index (χ2n) is 3.76. The van der Waals surface area contributed by atoms with Gasteiger partial charge in [-0.15, -0.1) is 22.7 Å². The van der Waals surface area contributed by atoms with Crippen LogP contribution in [0.25, 0.3) is 6.08 Å². The minimum Gasteiger partial charge on any atom is -0.478 e. The first kappa shape index (κ1) is 14.8. The zero-order valence-electron chi connectivity index (χ0n) is 10.1. The molecule has 0 radical (unpaired) electrons. The molecule has 0 unspecified atom stereocenters. The van der Waals surface area contributed by atoms with Gasteiger partial charge in [-0.2, -0.15) is 0 Å². The minimum atomic E-state index is -0.986. The van der Waals surface area contributed by atoms with Crippen LogP contribution in [-0.2, 0) is 11.3 Å². The molecule has 0 saturated heterocycles. The first-order chi connectivity index (χ1) is 9.56. The van der Waals surface area contributed by atoms with Crippen LogP contribution in [-0.4, -0.2) is 17.0 Å². The Morgan fingerprint density at radius 1 is 1.35 bits per heavy atom. The van der Waals surface area contributed by atoms with Crippen molar-refractivity contribution in [2.45, 2.75) is 6.54 Å². The molecule has 7 heteroatoms. The van der Waals surface area contributed by atoms with Crippen LogP contribution in [0.2, 0.25) is 5.02 Å². The number of thiophene rings is 2. The van der Waals surface area contributed by atoms with Crippen LogP contribution in [0.5, 0.6) is 0 Å². The number of carboxylic acid groups (broad SMARTS) is 1. The van der Waals surface area contributed by atoms with Gasteiger partial charge in [0.25, 0.3) is 5.91 Å². The van der Waals surface area contributed by atoms with Gasteiger partial charge in [-0.25, -0.2) is 4.79 Å². The highest BCUT2D eigenvalue weighted by Crippen LogP contribution is 2.22. The lowest BCUT2D eigenvalue weighted by Crippen LogP contribution is -2.21. The maximum atomic E-state index is 11.8. The third-order valence-electron chi connectivity index (χ3n) is 2.32. The van der Waals surface area contributed by atoms with Crippen molar-refractivity contribution in [2.75, 3.05) is 0 Å². The molecule has 104 valence electrons. The average molecular weight is 328 g/mol. The normalized spacial score (nSPS) is 10.8. The number of halogens is 1. The molecule has 2 N–H and O–H groups in total. The number of carbonyl (C=O) groups excluding carboxylic acids is 1. The van der Waals surface area contributed by atoms with E-state index in [1.54, 1.807) is 11.4 Å². The van der Waals surface area contributed by atoms with E-state index in [2.05, 4.69) is 5.32 Å². The molecule has 0 fully saturated rings. The van der Waals surface area contributed by atoms with Crippen LogP contribution in [0, 0.1) is 0 Å². The second-order valence-corrected chi connectivity index (χ2v) is 6.28. The first-order valence-electron chi connectivity index (χ1n) is 5.57. The largest absolute Gasteiger partial charge is 0.478 e. The molecular formula is C13H10ClNO3S2. The zero-order chi connectivity index (χ0) is 14.5. The molecule has 2 aromatic heterocycles. The summed E-state index contributed by atoms with van der Waals surface area (Å²) in [5, 5.41) is 13.5. The third kappa shape index (κ3) is 3.93. The lowest BCUT2D eigenvalue weighted by atomic mass is 10.4. The molecule has 0 aliphatic heterocycles. The Bertz CT molecular complexity index is 660. The Labute approximate surface area is 128 Å². The standard InChI is InChI=1S/C13H10ClNO3S2/c14-10-5-6-19-12(10)13(18)15-7-9-2-1-8(20-9)3-4-11(16)17/h1-6H,7H2,(H,15,18)(H,16,17)/b4-3+. The Morgan fingerprint density at radius 3 is 2.80 bits per heavy atom. The van der Waals surface area contributed by atoms with Crippen molar-refractivity contribution < 1.29 is 14.7 Å². The second kappa shape index (κ2) is 6.69. The van der Waals surface area contributed by atoms with E-state index in [9.17, 15) is 9.59 Å². The van der Waals surface area contributed by atoms with E-state index in [1.807, 2.05) is 12.1 Å². The van der Waals surface area contributed by atoms with Gasteiger partial charge in [-0.3, -0.25) is 4.79 Å². The fourth-order valence-corrected chi connectivity index (χ4v) is 3.35. The van der Waals surface area contributed by atoms with Gasteiger partial charge in [0.2, 0.25) is 0 Å². The van der Waals surface area contributed by atoms with Crippen molar-refractivity contribution >= 4 is 52.2 Å². The molecule has 0 aromatic carbocycles. The van der Waals surface area contributed by atoms with E-state index in [4.69, 9.17) is 16.7 Å². The van der Waals surface area contributed by atoms with Crippen LogP contribution in [0.1, 0.15) is 19.4 Å². The number of hydrogen-bond donors (Lipinski definition) is 2. The van der Waals surface area contributed by atoms with Gasteiger partial charge in [0.05, 0.1) is 11.6 Å². The van der Waals surface area contributed by atoms with Crippen molar-refractivity contribution in [2.24, 2.45) is 0 Å². The van der Waals surface area contributed by atoms with Gasteiger partial charge in [0, 0.05) is 15.8 Å². The van der Waals surface area contributed by atoms with Gasteiger partial charge in [-0.1, -0.05) is 11.6 Å². The van der Waals surface area contributed by atoms with E-state index in [0.717, 1.165) is 15.8 Å². The quantitative estimate of drug-likeness (QED) is 0.826. The predicted molar refractivity (Wildman–Crippen MR) is 81.5 cm³/mol. The van der Waals surface area contributed by atoms with Gasteiger partial charge in [-0.05, 0) is 29.7 Å². The van der Waals surface area contributed by atoms with Gasteiger partial charge in [0.1, 0.15) is 4.88 Å². The summed E-state index contributed by atoms with van der Waals surface area (Å²) >= 11 is 8.60. The van der Waals surface area contributed by atoms with Crippen molar-refractivity contribution in [1.82, 2.24) is 5.32 Å². The lowest BCUT2D eigenvalue weighted by Gasteiger charge is -2.01. The van der Waals surface area contributed by atoms with Gasteiger partial charge < -0.3 is 10.4 Å². The molecule has 0 spiro atoms. The van der Waals surface area contributed by atoms with Crippen LogP contribution < -0.4 is 5.32 Å². The topological polar surface area (TPSA) is 66.4 Å². The monoisotopic (exact) mass is 327 g/mol. The molecule has 0 bridgehead atoms. The molecule has 2 aromatic rings. The Hall–Kier alpha value is -1.63. The molecule has 0 aliphatic carbocycles. The summed E-state index contributed by atoms with van der Waals surface area (Å²) in [6.45, 7) is 0.388. The predicted octanol–water partition coefficient (Wildman–Crippen LogP) is 3.49. The van der Waals surface area contributed by atoms with Crippen LogP contribution in [0.3, 0.4) is 0 Å². The average Bonchev–Trinajstić information content (AvgIpc) is 3.02. The summed E-state index contributed by atoms with van der Waals surface area (Å²) in [7, 11) is 0. The summed E-state index contributed by atoms with van der Waals surface area (Å²) in [6.07, 6.45) is 2.61. The minimum absolute atomic E-state index is 0.207. The highest BCUT2D eigenvalue weighted by Gasteiger charge is 2.11. The summed E-state index contributed by atoms with van der Waals surface area (Å²) in [6, 6.07) is 5.34. The van der Waals surface area contributed by atoms with Crippen LogP contribution in [0.15, 0.2) is 29.7 Å².